The molecule has 1 aromatic carbocycles. The van der Waals surface area contributed by atoms with E-state index in [1.54, 1.807) is 0 Å². The van der Waals surface area contributed by atoms with Gasteiger partial charge in [0, 0.05) is 17.8 Å². The monoisotopic (exact) mass is 262 g/mol. The van der Waals surface area contributed by atoms with E-state index in [0.29, 0.717) is 0 Å². The molecule has 1 aromatic rings. The van der Waals surface area contributed by atoms with Gasteiger partial charge in [0.25, 0.3) is 0 Å². The maximum Gasteiger partial charge on any atom is 0.389 e. The van der Waals surface area contributed by atoms with E-state index in [2.05, 4.69) is 4.74 Å². The number of carbonyl (C=O) groups is 1. The number of halogens is 3. The predicted octanol–water partition coefficient (Wildman–Crippen LogP) is 2.35. The van der Waals surface area contributed by atoms with Crippen LogP contribution < -0.4 is 11.5 Å². The SMILES string of the molecule is Nc1cc(N)cc(C(=O)OCCCC(F)(F)F)c1. The number of rotatable bonds is 4. The average Bonchev–Trinajstić information content (AvgIpc) is 2.21. The highest BCUT2D eigenvalue weighted by atomic mass is 19.4. The molecular weight excluding hydrogens is 249 g/mol. The number of nitrogens with two attached hydrogens (primary N) is 2. The lowest BCUT2D eigenvalue weighted by Gasteiger charge is -2.08. The largest absolute Gasteiger partial charge is 0.462 e. The number of esters is 1. The summed E-state index contributed by atoms with van der Waals surface area (Å²) in [5.74, 6) is -0.740. The van der Waals surface area contributed by atoms with Gasteiger partial charge < -0.3 is 16.2 Å². The molecule has 1 rings (SSSR count). The molecule has 100 valence electrons. The highest BCUT2D eigenvalue weighted by molar-refractivity contribution is 5.91. The lowest BCUT2D eigenvalue weighted by Crippen LogP contribution is -2.12. The van der Waals surface area contributed by atoms with Crippen molar-refractivity contribution in [2.75, 3.05) is 18.1 Å². The number of nitrogen functional groups attached to an aromatic ring is 2. The third-order valence-corrected chi connectivity index (χ3v) is 2.05. The number of carbonyl (C=O) groups excluding carboxylic acids is 1. The Labute approximate surface area is 102 Å². The molecule has 0 spiro atoms. The van der Waals surface area contributed by atoms with Crippen molar-refractivity contribution in [2.24, 2.45) is 0 Å². The molecule has 0 aliphatic heterocycles. The third kappa shape index (κ3) is 4.94. The summed E-state index contributed by atoms with van der Waals surface area (Å²) in [5.41, 5.74) is 11.6. The lowest BCUT2D eigenvalue weighted by molar-refractivity contribution is -0.137. The molecule has 0 fully saturated rings. The first-order chi connectivity index (χ1) is 8.28. The van der Waals surface area contributed by atoms with E-state index in [1.165, 1.54) is 18.2 Å². The van der Waals surface area contributed by atoms with Crippen LogP contribution in [0.25, 0.3) is 0 Å². The number of hydrogen-bond donors (Lipinski definition) is 2. The number of anilines is 2. The van der Waals surface area contributed by atoms with E-state index in [1.807, 2.05) is 0 Å². The van der Waals surface area contributed by atoms with Gasteiger partial charge in [-0.3, -0.25) is 0 Å². The minimum absolute atomic E-state index is 0.125. The van der Waals surface area contributed by atoms with Crippen LogP contribution in [-0.4, -0.2) is 18.8 Å². The molecule has 0 radical (unpaired) electrons. The Morgan fingerprint density at radius 3 is 2.22 bits per heavy atom. The Bertz CT molecular complexity index is 413. The van der Waals surface area contributed by atoms with Gasteiger partial charge in [0.15, 0.2) is 0 Å². The minimum atomic E-state index is -4.24. The van der Waals surface area contributed by atoms with Crippen molar-refractivity contribution in [2.45, 2.75) is 19.0 Å². The number of alkyl halides is 3. The molecule has 18 heavy (non-hydrogen) atoms. The van der Waals surface area contributed by atoms with Gasteiger partial charge in [0.05, 0.1) is 12.2 Å². The quantitative estimate of drug-likeness (QED) is 0.496. The van der Waals surface area contributed by atoms with Crippen LogP contribution in [0.3, 0.4) is 0 Å². The zero-order valence-electron chi connectivity index (χ0n) is 9.46. The Hall–Kier alpha value is -1.92. The second-order valence-corrected chi connectivity index (χ2v) is 3.74. The zero-order chi connectivity index (χ0) is 13.8. The molecule has 0 saturated carbocycles. The van der Waals surface area contributed by atoms with Crippen molar-refractivity contribution < 1.29 is 22.7 Å². The standard InChI is InChI=1S/C11H13F3N2O2/c12-11(13,14)2-1-3-18-10(17)7-4-8(15)6-9(16)5-7/h4-6H,1-3,15-16H2. The molecule has 4 nitrogen and oxygen atoms in total. The van der Waals surface area contributed by atoms with Crippen molar-refractivity contribution in [3.8, 4) is 0 Å². The Kier molecular flexibility index (Phi) is 4.41. The first kappa shape index (κ1) is 14.1. The van der Waals surface area contributed by atoms with Gasteiger partial charge in [-0.2, -0.15) is 13.2 Å². The molecule has 0 saturated heterocycles. The van der Waals surface area contributed by atoms with Crippen LogP contribution in [0.15, 0.2) is 18.2 Å². The molecule has 0 unspecified atom stereocenters. The Morgan fingerprint density at radius 1 is 1.17 bits per heavy atom. The van der Waals surface area contributed by atoms with E-state index in [9.17, 15) is 18.0 Å². The molecule has 0 aromatic heterocycles. The van der Waals surface area contributed by atoms with Crippen molar-refractivity contribution in [1.29, 1.82) is 0 Å². The molecule has 0 heterocycles. The summed E-state index contributed by atoms with van der Waals surface area (Å²) in [6, 6.07) is 4.16. The summed E-state index contributed by atoms with van der Waals surface area (Å²) in [6.07, 6.45) is -5.50. The normalized spacial score (nSPS) is 11.3. The number of hydrogen-bond acceptors (Lipinski definition) is 4. The lowest BCUT2D eigenvalue weighted by atomic mass is 10.2. The van der Waals surface area contributed by atoms with Crippen molar-refractivity contribution >= 4 is 17.3 Å². The molecular formula is C11H13F3N2O2. The highest BCUT2D eigenvalue weighted by Crippen LogP contribution is 2.21. The van der Waals surface area contributed by atoms with E-state index in [4.69, 9.17) is 11.5 Å². The fourth-order valence-corrected chi connectivity index (χ4v) is 1.32. The first-order valence-electron chi connectivity index (χ1n) is 5.18. The van der Waals surface area contributed by atoms with E-state index >= 15 is 0 Å². The van der Waals surface area contributed by atoms with Gasteiger partial charge >= 0.3 is 12.1 Å². The van der Waals surface area contributed by atoms with Crippen LogP contribution in [0, 0.1) is 0 Å². The van der Waals surface area contributed by atoms with Crippen LogP contribution in [-0.2, 0) is 4.74 Å². The molecule has 0 aliphatic carbocycles. The van der Waals surface area contributed by atoms with E-state index in [0.717, 1.165) is 0 Å². The van der Waals surface area contributed by atoms with Crippen LogP contribution in [0.1, 0.15) is 23.2 Å². The summed E-state index contributed by atoms with van der Waals surface area (Å²) in [5, 5.41) is 0. The van der Waals surface area contributed by atoms with Crippen LogP contribution in [0.4, 0.5) is 24.5 Å². The van der Waals surface area contributed by atoms with Gasteiger partial charge in [-0.05, 0) is 24.6 Å². The fraction of sp³-hybridized carbons (Fsp3) is 0.364. The van der Waals surface area contributed by atoms with Crippen LogP contribution >= 0.6 is 0 Å². The maximum absolute atomic E-state index is 11.8. The summed E-state index contributed by atoms with van der Waals surface area (Å²) in [6.45, 7) is -0.299. The molecule has 0 atom stereocenters. The first-order valence-corrected chi connectivity index (χ1v) is 5.18. The van der Waals surface area contributed by atoms with Gasteiger partial charge in [-0.25, -0.2) is 4.79 Å². The van der Waals surface area contributed by atoms with E-state index in [-0.39, 0.29) is 30.0 Å². The third-order valence-electron chi connectivity index (χ3n) is 2.05. The smallest absolute Gasteiger partial charge is 0.389 e. The fourth-order valence-electron chi connectivity index (χ4n) is 1.32. The maximum atomic E-state index is 11.8. The molecule has 0 amide bonds. The second kappa shape index (κ2) is 5.61. The minimum Gasteiger partial charge on any atom is -0.462 e. The molecule has 7 heteroatoms. The predicted molar refractivity (Wildman–Crippen MR) is 60.8 cm³/mol. The van der Waals surface area contributed by atoms with Crippen molar-refractivity contribution in [1.82, 2.24) is 0 Å². The number of benzene rings is 1. The summed E-state index contributed by atoms with van der Waals surface area (Å²) >= 11 is 0. The second-order valence-electron chi connectivity index (χ2n) is 3.74. The summed E-state index contributed by atoms with van der Waals surface area (Å²) in [7, 11) is 0. The average molecular weight is 262 g/mol. The molecule has 4 N–H and O–H groups in total. The van der Waals surface area contributed by atoms with Gasteiger partial charge in [0.2, 0.25) is 0 Å². The number of ether oxygens (including phenoxy) is 1. The van der Waals surface area contributed by atoms with Gasteiger partial charge in [0.1, 0.15) is 0 Å². The summed E-state index contributed by atoms with van der Waals surface area (Å²) in [4.78, 5) is 11.5. The summed E-state index contributed by atoms with van der Waals surface area (Å²) < 4.78 is 40.2. The molecule has 0 bridgehead atoms. The van der Waals surface area contributed by atoms with Crippen molar-refractivity contribution in [3.63, 3.8) is 0 Å². The Balaban J connectivity index is 2.46. The van der Waals surface area contributed by atoms with Crippen molar-refractivity contribution in [3.05, 3.63) is 23.8 Å². The van der Waals surface area contributed by atoms with E-state index < -0.39 is 18.6 Å². The molecule has 0 aliphatic rings. The Morgan fingerprint density at radius 2 is 1.72 bits per heavy atom. The zero-order valence-corrected chi connectivity index (χ0v) is 9.46. The van der Waals surface area contributed by atoms with Gasteiger partial charge in [-0.15, -0.1) is 0 Å². The highest BCUT2D eigenvalue weighted by Gasteiger charge is 2.26. The van der Waals surface area contributed by atoms with Crippen LogP contribution in [0.5, 0.6) is 0 Å². The van der Waals surface area contributed by atoms with Crippen LogP contribution in [0.2, 0.25) is 0 Å². The van der Waals surface area contributed by atoms with Gasteiger partial charge in [-0.1, -0.05) is 0 Å². The topological polar surface area (TPSA) is 78.3 Å².